The number of ether oxygens (including phenoxy) is 2. The molecular weight excluding hydrogens is 364 g/mol. The van der Waals surface area contributed by atoms with E-state index in [1.807, 2.05) is 27.7 Å². The lowest BCUT2D eigenvalue weighted by Crippen LogP contribution is -2.46. The molecule has 1 saturated carbocycles. The highest BCUT2D eigenvalue weighted by Gasteiger charge is 2.50. The number of rotatable bonds is 3. The van der Waals surface area contributed by atoms with E-state index in [1.165, 1.54) is 7.11 Å². The van der Waals surface area contributed by atoms with E-state index in [0.29, 0.717) is 38.2 Å². The van der Waals surface area contributed by atoms with Crippen LogP contribution in [0.15, 0.2) is 0 Å². The molecule has 1 aliphatic heterocycles. The molecule has 0 atom stereocenters. The largest absolute Gasteiger partial charge is 0.469 e. The van der Waals surface area contributed by atoms with Crippen molar-refractivity contribution >= 4 is 23.8 Å². The lowest BCUT2D eigenvalue weighted by molar-refractivity contribution is -0.161. The number of amides is 2. The molecule has 1 aliphatic carbocycles. The summed E-state index contributed by atoms with van der Waals surface area (Å²) >= 11 is 0. The van der Waals surface area contributed by atoms with E-state index in [4.69, 9.17) is 9.47 Å². The first-order valence-electron chi connectivity index (χ1n) is 9.46. The summed E-state index contributed by atoms with van der Waals surface area (Å²) in [7, 11) is 1.36. The van der Waals surface area contributed by atoms with Crippen LogP contribution in [0.2, 0.25) is 0 Å². The first-order valence-corrected chi connectivity index (χ1v) is 9.46. The highest BCUT2D eigenvalue weighted by atomic mass is 16.6. The van der Waals surface area contributed by atoms with Gasteiger partial charge in [0.2, 0.25) is 5.91 Å². The molecule has 0 spiro atoms. The second-order valence-corrected chi connectivity index (χ2v) is 8.83. The van der Waals surface area contributed by atoms with Crippen molar-refractivity contribution in [2.45, 2.75) is 59.1 Å². The third-order valence-electron chi connectivity index (χ3n) is 5.27. The predicted octanol–water partition coefficient (Wildman–Crippen LogP) is 2.23. The average Bonchev–Trinajstić information content (AvgIpc) is 2.98. The minimum Gasteiger partial charge on any atom is -0.469 e. The van der Waals surface area contributed by atoms with Crippen molar-refractivity contribution in [2.24, 2.45) is 11.3 Å². The Hall–Kier alpha value is -2.58. The van der Waals surface area contributed by atoms with Crippen LogP contribution in [0.4, 0.5) is 10.6 Å². The lowest BCUT2D eigenvalue weighted by Gasteiger charge is -2.41. The second-order valence-electron chi connectivity index (χ2n) is 8.83. The Balaban J connectivity index is 1.59. The Morgan fingerprint density at radius 1 is 1.29 bits per heavy atom. The van der Waals surface area contributed by atoms with Crippen molar-refractivity contribution in [3.63, 3.8) is 0 Å². The Labute approximate surface area is 164 Å². The third kappa shape index (κ3) is 3.98. The minimum atomic E-state index is -0.588. The number of nitrogens with one attached hydrogen (secondary N) is 2. The Morgan fingerprint density at radius 3 is 2.57 bits per heavy atom. The van der Waals surface area contributed by atoms with Crippen LogP contribution in [-0.4, -0.2) is 52.3 Å². The highest BCUT2D eigenvalue weighted by Crippen LogP contribution is 2.46. The molecule has 2 heterocycles. The summed E-state index contributed by atoms with van der Waals surface area (Å²) in [6.45, 7) is 8.15. The van der Waals surface area contributed by atoms with Crippen LogP contribution in [0.5, 0.6) is 0 Å². The SMILES string of the molecule is COC(=O)C1(C)CC(C(=O)Nc2n[nH]c3c2CCN(C(=O)OC(C)(C)C)C3)C1. The monoisotopic (exact) mass is 392 g/mol. The Bertz CT molecular complexity index is 789. The summed E-state index contributed by atoms with van der Waals surface area (Å²) in [4.78, 5) is 38.1. The molecule has 9 nitrogen and oxygen atoms in total. The number of aromatic nitrogens is 2. The maximum atomic E-state index is 12.5. The van der Waals surface area contributed by atoms with Gasteiger partial charge in [0.25, 0.3) is 0 Å². The summed E-state index contributed by atoms with van der Waals surface area (Å²) in [5, 5.41) is 9.98. The Kier molecular flexibility index (Phi) is 5.12. The maximum Gasteiger partial charge on any atom is 0.410 e. The number of hydrogen-bond donors (Lipinski definition) is 2. The van der Waals surface area contributed by atoms with Crippen LogP contribution in [0.25, 0.3) is 0 Å². The minimum absolute atomic E-state index is 0.148. The van der Waals surface area contributed by atoms with Crippen LogP contribution >= 0.6 is 0 Å². The van der Waals surface area contributed by atoms with Crippen LogP contribution in [0, 0.1) is 11.3 Å². The summed E-state index contributed by atoms with van der Waals surface area (Å²) in [6.07, 6.45) is 1.13. The van der Waals surface area contributed by atoms with E-state index < -0.39 is 11.0 Å². The molecule has 28 heavy (non-hydrogen) atoms. The molecule has 1 fully saturated rings. The predicted molar refractivity (Wildman–Crippen MR) is 100 cm³/mol. The van der Waals surface area contributed by atoms with Gasteiger partial charge in [-0.1, -0.05) is 0 Å². The smallest absolute Gasteiger partial charge is 0.410 e. The van der Waals surface area contributed by atoms with Gasteiger partial charge in [-0.05, 0) is 47.0 Å². The van der Waals surface area contributed by atoms with Gasteiger partial charge in [-0.25, -0.2) is 4.79 Å². The number of nitrogens with zero attached hydrogens (tertiary/aromatic N) is 2. The number of H-pyrrole nitrogens is 1. The zero-order valence-electron chi connectivity index (χ0n) is 17.0. The fourth-order valence-corrected chi connectivity index (χ4v) is 3.75. The number of methoxy groups -OCH3 is 1. The van der Waals surface area contributed by atoms with Gasteiger partial charge in [0.05, 0.1) is 24.8 Å². The molecule has 1 aromatic rings. The van der Waals surface area contributed by atoms with Gasteiger partial charge in [-0.2, -0.15) is 5.10 Å². The van der Waals surface area contributed by atoms with Crippen molar-refractivity contribution in [3.8, 4) is 0 Å². The van der Waals surface area contributed by atoms with Gasteiger partial charge >= 0.3 is 12.1 Å². The molecule has 3 rings (SSSR count). The second kappa shape index (κ2) is 7.10. The van der Waals surface area contributed by atoms with Crippen LogP contribution in [-0.2, 0) is 32.0 Å². The van der Waals surface area contributed by atoms with Crippen molar-refractivity contribution in [1.82, 2.24) is 15.1 Å². The molecule has 1 aromatic heterocycles. The molecule has 0 aromatic carbocycles. The van der Waals surface area contributed by atoms with E-state index in [9.17, 15) is 14.4 Å². The molecule has 0 radical (unpaired) electrons. The molecular formula is C19H28N4O5. The zero-order chi connectivity index (χ0) is 20.7. The van der Waals surface area contributed by atoms with Gasteiger partial charge < -0.3 is 19.7 Å². The number of hydrogen-bond acceptors (Lipinski definition) is 6. The van der Waals surface area contributed by atoms with Crippen molar-refractivity contribution < 1.29 is 23.9 Å². The summed E-state index contributed by atoms with van der Waals surface area (Å²) in [5.41, 5.74) is 0.561. The fourth-order valence-electron chi connectivity index (χ4n) is 3.75. The van der Waals surface area contributed by atoms with E-state index in [0.717, 1.165) is 11.3 Å². The van der Waals surface area contributed by atoms with Crippen molar-refractivity contribution in [2.75, 3.05) is 19.0 Å². The number of anilines is 1. The van der Waals surface area contributed by atoms with E-state index in [1.54, 1.807) is 4.90 Å². The van der Waals surface area contributed by atoms with Crippen LogP contribution in [0.1, 0.15) is 51.8 Å². The normalized spacial score (nSPS) is 24.0. The number of carbonyl (C=O) groups is 3. The average molecular weight is 392 g/mol. The number of esters is 1. The van der Waals surface area contributed by atoms with E-state index >= 15 is 0 Å². The van der Waals surface area contributed by atoms with Gasteiger partial charge in [0.15, 0.2) is 5.82 Å². The van der Waals surface area contributed by atoms with Crippen LogP contribution in [0.3, 0.4) is 0 Å². The molecule has 0 saturated heterocycles. The Morgan fingerprint density at radius 2 is 1.96 bits per heavy atom. The van der Waals surface area contributed by atoms with Crippen LogP contribution < -0.4 is 5.32 Å². The zero-order valence-corrected chi connectivity index (χ0v) is 17.0. The van der Waals surface area contributed by atoms with Gasteiger partial charge in [-0.3, -0.25) is 14.7 Å². The summed E-state index contributed by atoms with van der Waals surface area (Å²) in [6, 6.07) is 0. The van der Waals surface area contributed by atoms with Gasteiger partial charge in [0.1, 0.15) is 5.60 Å². The quantitative estimate of drug-likeness (QED) is 0.763. The molecule has 2 amide bonds. The number of carbonyl (C=O) groups excluding carboxylic acids is 3. The van der Waals surface area contributed by atoms with E-state index in [-0.39, 0.29) is 23.9 Å². The molecule has 2 N–H and O–H groups in total. The highest BCUT2D eigenvalue weighted by molar-refractivity contribution is 5.95. The topological polar surface area (TPSA) is 114 Å². The van der Waals surface area contributed by atoms with Crippen molar-refractivity contribution in [1.29, 1.82) is 0 Å². The molecule has 0 unspecified atom stereocenters. The van der Waals surface area contributed by atoms with Crippen molar-refractivity contribution in [3.05, 3.63) is 11.3 Å². The maximum absolute atomic E-state index is 12.5. The summed E-state index contributed by atoms with van der Waals surface area (Å²) < 4.78 is 10.2. The molecule has 9 heteroatoms. The van der Waals surface area contributed by atoms with Gasteiger partial charge in [0, 0.05) is 18.0 Å². The number of aromatic amines is 1. The van der Waals surface area contributed by atoms with E-state index in [2.05, 4.69) is 15.5 Å². The molecule has 2 aliphatic rings. The first-order chi connectivity index (χ1) is 13.0. The lowest BCUT2D eigenvalue weighted by atomic mass is 9.63. The third-order valence-corrected chi connectivity index (χ3v) is 5.27. The molecule has 0 bridgehead atoms. The first kappa shape index (κ1) is 20.2. The van der Waals surface area contributed by atoms with Gasteiger partial charge in [-0.15, -0.1) is 0 Å². The fraction of sp³-hybridized carbons (Fsp3) is 0.684. The molecule has 154 valence electrons. The summed E-state index contributed by atoms with van der Waals surface area (Å²) in [5.74, 6) is -0.171. The standard InChI is InChI=1S/C19H28N4O5/c1-18(2,3)28-17(26)23-7-6-12-13(10-23)21-22-14(12)20-15(24)11-8-19(4,9-11)16(25)27-5/h11H,6-10H2,1-5H3,(H2,20,21,22,24). The number of fused-ring (bicyclic) bond motifs is 1.